The van der Waals surface area contributed by atoms with Crippen LogP contribution in [0.4, 0.5) is 0 Å². The maximum Gasteiger partial charge on any atom is 0.124 e. The van der Waals surface area contributed by atoms with Crippen molar-refractivity contribution in [2.24, 2.45) is 0 Å². The Bertz CT molecular complexity index is 480. The second-order valence-electron chi connectivity index (χ2n) is 6.56. The van der Waals surface area contributed by atoms with E-state index in [2.05, 4.69) is 25.2 Å². The van der Waals surface area contributed by atoms with Gasteiger partial charge in [0.2, 0.25) is 0 Å². The summed E-state index contributed by atoms with van der Waals surface area (Å²) in [6, 6.07) is 8.34. The molecule has 1 aromatic carbocycles. The molecule has 20 heavy (non-hydrogen) atoms. The zero-order valence-electron chi connectivity index (χ0n) is 12.2. The molecule has 0 bridgehead atoms. The smallest absolute Gasteiger partial charge is 0.124 e. The molecular formula is C16H23NO3. The predicted octanol–water partition coefficient (Wildman–Crippen LogP) is 2.03. The number of para-hydroxylation sites is 1. The minimum atomic E-state index is -0.725. The van der Waals surface area contributed by atoms with E-state index in [4.69, 9.17) is 9.47 Å². The highest BCUT2D eigenvalue weighted by atomic mass is 16.5. The Morgan fingerprint density at radius 3 is 2.90 bits per heavy atom. The number of hydrogen-bond donors (Lipinski definition) is 2. The SMILES string of the molecule is CC1(C)CC(NCC2(O)CCOC2)c2ccccc2O1. The van der Waals surface area contributed by atoms with E-state index in [1.165, 1.54) is 5.56 Å². The van der Waals surface area contributed by atoms with Gasteiger partial charge in [-0.3, -0.25) is 0 Å². The van der Waals surface area contributed by atoms with Crippen LogP contribution in [0.3, 0.4) is 0 Å². The first kappa shape index (κ1) is 13.9. The fourth-order valence-electron chi connectivity index (χ4n) is 3.03. The highest BCUT2D eigenvalue weighted by molar-refractivity contribution is 5.38. The average molecular weight is 277 g/mol. The summed E-state index contributed by atoms with van der Waals surface area (Å²) < 4.78 is 11.3. The van der Waals surface area contributed by atoms with Gasteiger partial charge in [-0.05, 0) is 19.9 Å². The van der Waals surface area contributed by atoms with Crippen LogP contribution >= 0.6 is 0 Å². The molecule has 4 nitrogen and oxygen atoms in total. The van der Waals surface area contributed by atoms with Gasteiger partial charge in [0.15, 0.2) is 0 Å². The van der Waals surface area contributed by atoms with Crippen molar-refractivity contribution >= 4 is 0 Å². The van der Waals surface area contributed by atoms with Gasteiger partial charge in [-0.25, -0.2) is 0 Å². The van der Waals surface area contributed by atoms with Gasteiger partial charge < -0.3 is 19.9 Å². The molecule has 2 atom stereocenters. The Labute approximate surface area is 120 Å². The largest absolute Gasteiger partial charge is 0.487 e. The van der Waals surface area contributed by atoms with Gasteiger partial charge in [0.1, 0.15) is 17.0 Å². The van der Waals surface area contributed by atoms with Crippen molar-refractivity contribution in [3.63, 3.8) is 0 Å². The van der Waals surface area contributed by atoms with Crippen LogP contribution in [-0.2, 0) is 4.74 Å². The lowest BCUT2D eigenvalue weighted by Gasteiger charge is -2.39. The predicted molar refractivity (Wildman–Crippen MR) is 76.9 cm³/mol. The summed E-state index contributed by atoms with van der Waals surface area (Å²) in [6.45, 7) is 5.83. The van der Waals surface area contributed by atoms with Crippen LogP contribution in [0.15, 0.2) is 24.3 Å². The van der Waals surface area contributed by atoms with Crippen molar-refractivity contribution in [2.45, 2.75) is 43.9 Å². The zero-order valence-corrected chi connectivity index (χ0v) is 12.2. The Morgan fingerprint density at radius 1 is 1.35 bits per heavy atom. The monoisotopic (exact) mass is 277 g/mol. The molecule has 0 radical (unpaired) electrons. The number of rotatable bonds is 3. The van der Waals surface area contributed by atoms with Gasteiger partial charge in [0.05, 0.1) is 6.61 Å². The van der Waals surface area contributed by atoms with Gasteiger partial charge in [-0.1, -0.05) is 18.2 Å². The van der Waals surface area contributed by atoms with Crippen molar-refractivity contribution in [1.29, 1.82) is 0 Å². The number of hydrogen-bond acceptors (Lipinski definition) is 4. The van der Waals surface area contributed by atoms with Gasteiger partial charge in [-0.15, -0.1) is 0 Å². The van der Waals surface area contributed by atoms with Crippen LogP contribution in [0.5, 0.6) is 5.75 Å². The summed E-state index contributed by atoms with van der Waals surface area (Å²) >= 11 is 0. The van der Waals surface area contributed by atoms with E-state index >= 15 is 0 Å². The maximum atomic E-state index is 10.4. The van der Waals surface area contributed by atoms with Crippen LogP contribution in [0.1, 0.15) is 38.3 Å². The second kappa shape index (κ2) is 5.02. The van der Waals surface area contributed by atoms with Crippen molar-refractivity contribution in [1.82, 2.24) is 5.32 Å². The quantitative estimate of drug-likeness (QED) is 0.887. The van der Waals surface area contributed by atoms with E-state index in [0.717, 1.165) is 12.2 Å². The Hall–Kier alpha value is -1.10. The second-order valence-corrected chi connectivity index (χ2v) is 6.56. The van der Waals surface area contributed by atoms with E-state index in [1.54, 1.807) is 0 Å². The number of aliphatic hydroxyl groups is 1. The summed E-state index contributed by atoms with van der Waals surface area (Å²) in [6.07, 6.45) is 1.59. The molecule has 2 N–H and O–H groups in total. The summed E-state index contributed by atoms with van der Waals surface area (Å²) in [5, 5.41) is 13.9. The molecule has 0 spiro atoms. The third-order valence-electron chi connectivity index (χ3n) is 4.14. The molecule has 2 aliphatic rings. The van der Waals surface area contributed by atoms with E-state index in [0.29, 0.717) is 26.2 Å². The molecule has 2 unspecified atom stereocenters. The Morgan fingerprint density at radius 2 is 2.15 bits per heavy atom. The first-order valence-corrected chi connectivity index (χ1v) is 7.29. The first-order valence-electron chi connectivity index (χ1n) is 7.29. The van der Waals surface area contributed by atoms with Crippen LogP contribution in [0, 0.1) is 0 Å². The van der Waals surface area contributed by atoms with Crippen molar-refractivity contribution in [3.05, 3.63) is 29.8 Å². The van der Waals surface area contributed by atoms with Gasteiger partial charge >= 0.3 is 0 Å². The van der Waals surface area contributed by atoms with Crippen LogP contribution in [0.2, 0.25) is 0 Å². The van der Waals surface area contributed by atoms with Crippen molar-refractivity contribution in [3.8, 4) is 5.75 Å². The van der Waals surface area contributed by atoms with Crippen molar-refractivity contribution < 1.29 is 14.6 Å². The van der Waals surface area contributed by atoms with E-state index in [1.807, 2.05) is 18.2 Å². The molecule has 0 aliphatic carbocycles. The molecule has 4 heteroatoms. The fourth-order valence-corrected chi connectivity index (χ4v) is 3.03. The highest BCUT2D eigenvalue weighted by Gasteiger charge is 2.37. The maximum absolute atomic E-state index is 10.4. The summed E-state index contributed by atoms with van der Waals surface area (Å²) in [5.74, 6) is 0.941. The number of ether oxygens (including phenoxy) is 2. The number of benzene rings is 1. The molecule has 0 saturated carbocycles. The molecule has 110 valence electrons. The van der Waals surface area contributed by atoms with Crippen LogP contribution < -0.4 is 10.1 Å². The van der Waals surface area contributed by atoms with Crippen LogP contribution in [-0.4, -0.2) is 36.1 Å². The molecule has 0 aromatic heterocycles. The molecule has 2 heterocycles. The van der Waals surface area contributed by atoms with Gasteiger partial charge in [0.25, 0.3) is 0 Å². The average Bonchev–Trinajstić information content (AvgIpc) is 2.82. The third-order valence-corrected chi connectivity index (χ3v) is 4.14. The van der Waals surface area contributed by atoms with E-state index in [-0.39, 0.29) is 11.6 Å². The Balaban J connectivity index is 1.75. The first-order chi connectivity index (χ1) is 9.48. The van der Waals surface area contributed by atoms with Gasteiger partial charge in [0, 0.05) is 37.6 Å². The number of fused-ring (bicyclic) bond motifs is 1. The number of nitrogens with one attached hydrogen (secondary N) is 1. The lowest BCUT2D eigenvalue weighted by atomic mass is 9.89. The zero-order chi connectivity index (χ0) is 14.2. The lowest BCUT2D eigenvalue weighted by Crippen LogP contribution is -2.46. The summed E-state index contributed by atoms with van der Waals surface area (Å²) in [4.78, 5) is 0. The molecular weight excluding hydrogens is 254 g/mol. The Kier molecular flexibility index (Phi) is 3.48. The minimum absolute atomic E-state index is 0.194. The van der Waals surface area contributed by atoms with E-state index in [9.17, 15) is 5.11 Å². The topological polar surface area (TPSA) is 50.7 Å². The minimum Gasteiger partial charge on any atom is -0.487 e. The van der Waals surface area contributed by atoms with E-state index < -0.39 is 5.60 Å². The van der Waals surface area contributed by atoms with Crippen molar-refractivity contribution in [2.75, 3.05) is 19.8 Å². The normalized spacial score (nSPS) is 31.6. The molecule has 2 aliphatic heterocycles. The standard InChI is InChI=1S/C16H23NO3/c1-15(2)9-13(12-5-3-4-6-14(12)20-15)17-10-16(18)7-8-19-11-16/h3-6,13,17-18H,7-11H2,1-2H3. The lowest BCUT2D eigenvalue weighted by molar-refractivity contribution is 0.0166. The molecule has 1 saturated heterocycles. The summed E-state index contributed by atoms with van der Waals surface area (Å²) in [5.41, 5.74) is 0.257. The third kappa shape index (κ3) is 2.82. The molecule has 1 fully saturated rings. The molecule has 1 aromatic rings. The van der Waals surface area contributed by atoms with Crippen LogP contribution in [0.25, 0.3) is 0 Å². The summed E-state index contributed by atoms with van der Waals surface area (Å²) in [7, 11) is 0. The highest BCUT2D eigenvalue weighted by Crippen LogP contribution is 2.39. The fraction of sp³-hybridized carbons (Fsp3) is 0.625. The molecule has 0 amide bonds. The van der Waals surface area contributed by atoms with Gasteiger partial charge in [-0.2, -0.15) is 0 Å². The molecule has 3 rings (SSSR count).